The molecule has 0 unspecified atom stereocenters. The maximum Gasteiger partial charge on any atom is 0.276 e. The molecule has 7 nitrogen and oxygen atoms in total. The van der Waals surface area contributed by atoms with Gasteiger partial charge in [0, 0.05) is 5.56 Å². The molecule has 1 heterocycles. The van der Waals surface area contributed by atoms with Crippen molar-refractivity contribution >= 4 is 28.2 Å². The number of hydrazone groups is 1. The van der Waals surface area contributed by atoms with E-state index in [0.717, 1.165) is 0 Å². The molecule has 2 N–H and O–H groups in total. The number of Topliss-reactive ketones (excluding diaryl/α,β-unsaturated/α-hetero) is 1. The van der Waals surface area contributed by atoms with E-state index in [0.29, 0.717) is 28.0 Å². The van der Waals surface area contributed by atoms with Crippen LogP contribution in [-0.4, -0.2) is 28.6 Å². The highest BCUT2D eigenvalue weighted by Gasteiger charge is 2.22. The summed E-state index contributed by atoms with van der Waals surface area (Å²) in [4.78, 5) is 33.1. The Balaban J connectivity index is 1.81. The van der Waals surface area contributed by atoms with Crippen LogP contribution in [0.3, 0.4) is 0 Å². The van der Waals surface area contributed by atoms with Gasteiger partial charge in [-0.25, -0.2) is 4.98 Å². The molecular formula is C23H18N4O3. The van der Waals surface area contributed by atoms with E-state index in [1.165, 1.54) is 0 Å². The quantitative estimate of drug-likeness (QED) is 0.294. The van der Waals surface area contributed by atoms with E-state index in [9.17, 15) is 9.59 Å². The number of H-pyrrole nitrogens is 1. The molecule has 7 heteroatoms. The molecule has 0 amide bonds. The molecule has 4 rings (SSSR count). The molecule has 0 fully saturated rings. The van der Waals surface area contributed by atoms with Gasteiger partial charge in [0.2, 0.25) is 5.78 Å². The van der Waals surface area contributed by atoms with E-state index in [-0.39, 0.29) is 11.4 Å². The number of ketones is 1. The number of carbonyl (C=O) groups is 1. The van der Waals surface area contributed by atoms with E-state index < -0.39 is 11.3 Å². The Labute approximate surface area is 172 Å². The van der Waals surface area contributed by atoms with Crippen LogP contribution >= 0.6 is 0 Å². The normalized spacial score (nSPS) is 11.3. The largest absolute Gasteiger partial charge is 0.497 e. The summed E-state index contributed by atoms with van der Waals surface area (Å²) in [5.74, 6) is 0.184. The molecule has 0 saturated carbocycles. The van der Waals surface area contributed by atoms with Crippen LogP contribution < -0.4 is 15.7 Å². The number of aromatic nitrogens is 2. The van der Waals surface area contributed by atoms with Gasteiger partial charge in [0.1, 0.15) is 5.75 Å². The van der Waals surface area contributed by atoms with Crippen LogP contribution in [0.1, 0.15) is 16.1 Å². The molecule has 0 aliphatic rings. The fourth-order valence-electron chi connectivity index (χ4n) is 2.91. The molecule has 30 heavy (non-hydrogen) atoms. The summed E-state index contributed by atoms with van der Waals surface area (Å²) < 4.78 is 5.15. The number of aromatic amines is 1. The number of rotatable bonds is 6. The van der Waals surface area contributed by atoms with Gasteiger partial charge in [-0.1, -0.05) is 30.3 Å². The molecule has 148 valence electrons. The molecule has 0 radical (unpaired) electrons. The van der Waals surface area contributed by atoms with Crippen LogP contribution in [-0.2, 0) is 0 Å². The Morgan fingerprint density at radius 3 is 2.40 bits per heavy atom. The summed E-state index contributed by atoms with van der Waals surface area (Å²) in [7, 11) is 1.55. The Kier molecular flexibility index (Phi) is 5.34. The number of fused-ring (bicyclic) bond motifs is 1. The molecule has 0 bridgehead atoms. The first-order valence-electron chi connectivity index (χ1n) is 9.22. The van der Waals surface area contributed by atoms with Crippen molar-refractivity contribution in [2.24, 2.45) is 5.10 Å². The number of methoxy groups -OCH3 is 1. The minimum absolute atomic E-state index is 0.0575. The molecule has 0 spiro atoms. The fourth-order valence-corrected chi connectivity index (χ4v) is 2.91. The van der Waals surface area contributed by atoms with Crippen molar-refractivity contribution in [2.75, 3.05) is 12.5 Å². The second-order valence-electron chi connectivity index (χ2n) is 6.43. The van der Waals surface area contributed by atoms with Gasteiger partial charge in [-0.2, -0.15) is 5.10 Å². The minimum Gasteiger partial charge on any atom is -0.497 e. The number of nitrogens with zero attached hydrogens (tertiary/aromatic N) is 2. The number of nitrogens with one attached hydrogen (secondary N) is 2. The maximum atomic E-state index is 13.3. The fraction of sp³-hybridized carbons (Fsp3) is 0.0435. The Bertz CT molecular complexity index is 1280. The van der Waals surface area contributed by atoms with E-state index in [4.69, 9.17) is 4.74 Å². The highest BCUT2D eigenvalue weighted by molar-refractivity contribution is 6.51. The number of benzene rings is 3. The summed E-state index contributed by atoms with van der Waals surface area (Å²) in [5.41, 5.74) is 4.38. The lowest BCUT2D eigenvalue weighted by Gasteiger charge is -2.08. The number of hydrogen-bond donors (Lipinski definition) is 2. The first kappa shape index (κ1) is 19.1. The molecule has 1 aromatic heterocycles. The standard InChI is InChI=1S/C23H18N4O3/c1-30-17-13-11-15(12-14-17)22(28)20(27-26-16-7-3-2-4-8-16)21-23(29)25-19-10-6-5-9-18(19)24-21/h2-14,26H,1H3,(H,25,29)/b27-20+. The predicted octanol–water partition coefficient (Wildman–Crippen LogP) is 3.63. The summed E-state index contributed by atoms with van der Waals surface area (Å²) in [6.07, 6.45) is 0. The van der Waals surface area contributed by atoms with Crippen molar-refractivity contribution in [1.82, 2.24) is 9.97 Å². The lowest BCUT2D eigenvalue weighted by atomic mass is 10.0. The van der Waals surface area contributed by atoms with Gasteiger partial charge in [0.05, 0.1) is 23.8 Å². The average Bonchev–Trinajstić information content (AvgIpc) is 2.80. The van der Waals surface area contributed by atoms with E-state index in [1.807, 2.05) is 24.3 Å². The number of para-hydroxylation sites is 3. The van der Waals surface area contributed by atoms with Crippen LogP contribution in [0, 0.1) is 0 Å². The third-order valence-electron chi connectivity index (χ3n) is 4.46. The number of hydrogen-bond acceptors (Lipinski definition) is 6. The zero-order valence-electron chi connectivity index (χ0n) is 16.1. The van der Waals surface area contributed by atoms with Gasteiger partial charge in [-0.15, -0.1) is 0 Å². The second-order valence-corrected chi connectivity index (χ2v) is 6.43. The summed E-state index contributed by atoms with van der Waals surface area (Å²) in [6.45, 7) is 0. The topological polar surface area (TPSA) is 96.4 Å². The van der Waals surface area contributed by atoms with Crippen LogP contribution in [0.5, 0.6) is 5.75 Å². The number of ether oxygens (including phenoxy) is 1. The lowest BCUT2D eigenvalue weighted by Crippen LogP contribution is -2.27. The Morgan fingerprint density at radius 2 is 1.67 bits per heavy atom. The van der Waals surface area contributed by atoms with E-state index in [2.05, 4.69) is 20.5 Å². The van der Waals surface area contributed by atoms with Crippen LogP contribution in [0.25, 0.3) is 11.0 Å². The van der Waals surface area contributed by atoms with Crippen molar-refractivity contribution in [1.29, 1.82) is 0 Å². The Hall–Kier alpha value is -4.26. The van der Waals surface area contributed by atoms with Gasteiger partial charge in [-0.05, 0) is 48.5 Å². The number of anilines is 1. The highest BCUT2D eigenvalue weighted by atomic mass is 16.5. The zero-order valence-corrected chi connectivity index (χ0v) is 16.1. The highest BCUT2D eigenvalue weighted by Crippen LogP contribution is 2.15. The van der Waals surface area contributed by atoms with Crippen LogP contribution in [0.2, 0.25) is 0 Å². The summed E-state index contributed by atoms with van der Waals surface area (Å²) in [5, 5.41) is 4.25. The third-order valence-corrected chi connectivity index (χ3v) is 4.46. The minimum atomic E-state index is -0.496. The maximum absolute atomic E-state index is 13.3. The summed E-state index contributed by atoms with van der Waals surface area (Å²) >= 11 is 0. The van der Waals surface area contributed by atoms with E-state index in [1.54, 1.807) is 61.7 Å². The van der Waals surface area contributed by atoms with E-state index >= 15 is 0 Å². The summed E-state index contributed by atoms with van der Waals surface area (Å²) in [6, 6.07) is 22.8. The molecule has 0 saturated heterocycles. The van der Waals surface area contributed by atoms with Crippen molar-refractivity contribution in [3.63, 3.8) is 0 Å². The molecular weight excluding hydrogens is 380 g/mol. The van der Waals surface area contributed by atoms with Crippen molar-refractivity contribution in [3.8, 4) is 5.75 Å². The van der Waals surface area contributed by atoms with Crippen molar-refractivity contribution < 1.29 is 9.53 Å². The van der Waals surface area contributed by atoms with Crippen LogP contribution in [0.4, 0.5) is 5.69 Å². The first-order chi connectivity index (χ1) is 14.7. The molecule has 0 aliphatic carbocycles. The van der Waals surface area contributed by atoms with Gasteiger partial charge < -0.3 is 9.72 Å². The molecule has 4 aromatic rings. The SMILES string of the molecule is COc1ccc(C(=O)/C(=N/Nc2ccccc2)c2nc3ccccc3[nH]c2=O)cc1. The van der Waals surface area contributed by atoms with Crippen molar-refractivity contribution in [2.45, 2.75) is 0 Å². The molecule has 0 aliphatic heterocycles. The second kappa shape index (κ2) is 8.40. The monoisotopic (exact) mass is 398 g/mol. The molecule has 3 aromatic carbocycles. The smallest absolute Gasteiger partial charge is 0.276 e. The number of carbonyl (C=O) groups excluding carboxylic acids is 1. The van der Waals surface area contributed by atoms with Crippen LogP contribution in [0.15, 0.2) is 88.8 Å². The van der Waals surface area contributed by atoms with Gasteiger partial charge in [0.15, 0.2) is 11.4 Å². The van der Waals surface area contributed by atoms with Gasteiger partial charge in [-0.3, -0.25) is 15.0 Å². The zero-order chi connectivity index (χ0) is 20.9. The third kappa shape index (κ3) is 3.95. The molecule has 0 atom stereocenters. The van der Waals surface area contributed by atoms with Crippen molar-refractivity contribution in [3.05, 3.63) is 100 Å². The Morgan fingerprint density at radius 1 is 0.967 bits per heavy atom. The first-order valence-corrected chi connectivity index (χ1v) is 9.22. The predicted molar refractivity (Wildman–Crippen MR) is 116 cm³/mol. The van der Waals surface area contributed by atoms with Gasteiger partial charge >= 0.3 is 0 Å². The van der Waals surface area contributed by atoms with Gasteiger partial charge in [0.25, 0.3) is 5.56 Å². The average molecular weight is 398 g/mol. The lowest BCUT2D eigenvalue weighted by molar-refractivity contribution is 0.106.